The molecule has 0 aromatic carbocycles. The van der Waals surface area contributed by atoms with Crippen LogP contribution in [0.25, 0.3) is 0 Å². The molecule has 3 N–H and O–H groups in total. The monoisotopic (exact) mass is 284 g/mol. The van der Waals surface area contributed by atoms with Gasteiger partial charge in [-0.2, -0.15) is 11.8 Å². The predicted molar refractivity (Wildman–Crippen MR) is 78.3 cm³/mol. The standard InChI is InChI=1S/C12H20N4O2S/c1-13-12(14-5-7-19-2)16-9-11(17)15-8-10-4-3-6-18-10/h3-4,6H,5,7-9H2,1-2H3,(H,15,17)(H2,13,14,16). The summed E-state index contributed by atoms with van der Waals surface area (Å²) in [4.78, 5) is 15.6. The van der Waals surface area contributed by atoms with Gasteiger partial charge in [-0.1, -0.05) is 0 Å². The average molecular weight is 284 g/mol. The van der Waals surface area contributed by atoms with Gasteiger partial charge in [0.25, 0.3) is 0 Å². The van der Waals surface area contributed by atoms with Crippen molar-refractivity contribution in [2.45, 2.75) is 6.54 Å². The Balaban J connectivity index is 2.17. The molecule has 1 amide bonds. The van der Waals surface area contributed by atoms with Crippen molar-refractivity contribution in [3.05, 3.63) is 24.2 Å². The molecule has 0 spiro atoms. The molecule has 1 aromatic heterocycles. The highest BCUT2D eigenvalue weighted by atomic mass is 32.2. The molecule has 1 aromatic rings. The van der Waals surface area contributed by atoms with E-state index < -0.39 is 0 Å². The minimum Gasteiger partial charge on any atom is -0.467 e. The molecule has 0 saturated heterocycles. The van der Waals surface area contributed by atoms with Crippen molar-refractivity contribution in [2.24, 2.45) is 4.99 Å². The van der Waals surface area contributed by atoms with Gasteiger partial charge in [-0.3, -0.25) is 9.79 Å². The van der Waals surface area contributed by atoms with Crippen LogP contribution in [-0.4, -0.2) is 44.0 Å². The molecular weight excluding hydrogens is 264 g/mol. The highest BCUT2D eigenvalue weighted by Gasteiger charge is 2.04. The number of carbonyl (C=O) groups excluding carboxylic acids is 1. The lowest BCUT2D eigenvalue weighted by atomic mass is 10.4. The Labute approximate surface area is 117 Å². The van der Waals surface area contributed by atoms with Crippen LogP contribution in [0.3, 0.4) is 0 Å². The third kappa shape index (κ3) is 6.76. The molecule has 1 heterocycles. The van der Waals surface area contributed by atoms with Crippen molar-refractivity contribution in [3.8, 4) is 0 Å². The Morgan fingerprint density at radius 2 is 2.26 bits per heavy atom. The van der Waals surface area contributed by atoms with Gasteiger partial charge in [-0.15, -0.1) is 0 Å². The molecule has 19 heavy (non-hydrogen) atoms. The third-order valence-corrected chi connectivity index (χ3v) is 2.89. The SMILES string of the molecule is CN=C(NCCSC)NCC(=O)NCc1ccco1. The van der Waals surface area contributed by atoms with E-state index in [-0.39, 0.29) is 12.5 Å². The van der Waals surface area contributed by atoms with E-state index >= 15 is 0 Å². The third-order valence-electron chi connectivity index (χ3n) is 2.28. The zero-order valence-corrected chi connectivity index (χ0v) is 12.0. The summed E-state index contributed by atoms with van der Waals surface area (Å²) in [6.07, 6.45) is 3.62. The maximum absolute atomic E-state index is 11.6. The molecule has 0 aliphatic carbocycles. The predicted octanol–water partition coefficient (Wildman–Crippen LogP) is 0.424. The first-order valence-electron chi connectivity index (χ1n) is 5.98. The molecule has 0 fully saturated rings. The molecule has 0 atom stereocenters. The highest BCUT2D eigenvalue weighted by Crippen LogP contribution is 1.97. The molecule has 0 aliphatic heterocycles. The molecular formula is C12H20N4O2S. The number of rotatable bonds is 7. The summed E-state index contributed by atoms with van der Waals surface area (Å²) in [5.41, 5.74) is 0. The van der Waals surface area contributed by atoms with Crippen LogP contribution in [0.2, 0.25) is 0 Å². The quantitative estimate of drug-likeness (QED) is 0.384. The second kappa shape index (κ2) is 9.32. The number of hydrogen-bond acceptors (Lipinski definition) is 4. The van der Waals surface area contributed by atoms with Crippen LogP contribution in [0.5, 0.6) is 0 Å². The van der Waals surface area contributed by atoms with Gasteiger partial charge in [-0.25, -0.2) is 0 Å². The summed E-state index contributed by atoms with van der Waals surface area (Å²) in [7, 11) is 1.68. The van der Waals surface area contributed by atoms with Gasteiger partial charge in [0.1, 0.15) is 5.76 Å². The maximum Gasteiger partial charge on any atom is 0.239 e. The van der Waals surface area contributed by atoms with Gasteiger partial charge in [0.15, 0.2) is 5.96 Å². The van der Waals surface area contributed by atoms with Crippen LogP contribution in [0.15, 0.2) is 27.8 Å². The lowest BCUT2D eigenvalue weighted by molar-refractivity contribution is -0.120. The second-order valence-electron chi connectivity index (χ2n) is 3.70. The summed E-state index contributed by atoms with van der Waals surface area (Å²) < 4.78 is 5.12. The summed E-state index contributed by atoms with van der Waals surface area (Å²) in [6.45, 7) is 1.39. The topological polar surface area (TPSA) is 78.7 Å². The van der Waals surface area contributed by atoms with Crippen molar-refractivity contribution in [2.75, 3.05) is 32.1 Å². The van der Waals surface area contributed by atoms with E-state index in [2.05, 4.69) is 20.9 Å². The van der Waals surface area contributed by atoms with Crippen molar-refractivity contribution in [1.29, 1.82) is 0 Å². The van der Waals surface area contributed by atoms with E-state index in [1.807, 2.05) is 12.3 Å². The number of carbonyl (C=O) groups is 1. The Kier molecular flexibility index (Phi) is 7.57. The van der Waals surface area contributed by atoms with Gasteiger partial charge in [-0.05, 0) is 18.4 Å². The molecule has 7 heteroatoms. The minimum atomic E-state index is -0.107. The smallest absolute Gasteiger partial charge is 0.239 e. The lowest BCUT2D eigenvalue weighted by Gasteiger charge is -2.11. The molecule has 0 bridgehead atoms. The zero-order chi connectivity index (χ0) is 13.9. The number of nitrogens with zero attached hydrogens (tertiary/aromatic N) is 1. The number of thioether (sulfide) groups is 1. The Bertz CT molecular complexity index is 392. The number of amides is 1. The Hall–Kier alpha value is -1.63. The van der Waals surface area contributed by atoms with Gasteiger partial charge >= 0.3 is 0 Å². The minimum absolute atomic E-state index is 0.107. The second-order valence-corrected chi connectivity index (χ2v) is 4.69. The van der Waals surface area contributed by atoms with Crippen molar-refractivity contribution in [3.63, 3.8) is 0 Å². The van der Waals surface area contributed by atoms with Crippen molar-refractivity contribution < 1.29 is 9.21 Å². The number of guanidine groups is 1. The maximum atomic E-state index is 11.6. The van der Waals surface area contributed by atoms with Crippen molar-refractivity contribution >= 4 is 23.6 Å². The summed E-state index contributed by atoms with van der Waals surface area (Å²) in [6, 6.07) is 3.61. The number of nitrogens with one attached hydrogen (secondary N) is 3. The van der Waals surface area contributed by atoms with Gasteiger partial charge in [0.05, 0.1) is 19.4 Å². The van der Waals surface area contributed by atoms with E-state index in [1.54, 1.807) is 31.1 Å². The van der Waals surface area contributed by atoms with E-state index in [4.69, 9.17) is 4.42 Å². The lowest BCUT2D eigenvalue weighted by Crippen LogP contribution is -2.43. The molecule has 6 nitrogen and oxygen atoms in total. The van der Waals surface area contributed by atoms with E-state index in [9.17, 15) is 4.79 Å². The first-order valence-corrected chi connectivity index (χ1v) is 7.38. The summed E-state index contributed by atoms with van der Waals surface area (Å²) in [5.74, 6) is 2.24. The summed E-state index contributed by atoms with van der Waals surface area (Å²) >= 11 is 1.75. The fourth-order valence-electron chi connectivity index (χ4n) is 1.32. The molecule has 0 radical (unpaired) electrons. The molecule has 0 saturated carbocycles. The summed E-state index contributed by atoms with van der Waals surface area (Å²) in [5, 5.41) is 8.81. The number of furan rings is 1. The highest BCUT2D eigenvalue weighted by molar-refractivity contribution is 7.98. The number of hydrogen-bond donors (Lipinski definition) is 3. The fraction of sp³-hybridized carbons (Fsp3) is 0.500. The first-order chi connectivity index (χ1) is 9.26. The van der Waals surface area contributed by atoms with E-state index in [0.717, 1.165) is 18.1 Å². The van der Waals surface area contributed by atoms with E-state index in [0.29, 0.717) is 12.5 Å². The van der Waals surface area contributed by atoms with Crippen molar-refractivity contribution in [1.82, 2.24) is 16.0 Å². The molecule has 106 valence electrons. The fourth-order valence-corrected chi connectivity index (χ4v) is 1.62. The number of aliphatic imine (C=N–C) groups is 1. The van der Waals surface area contributed by atoms with Gasteiger partial charge < -0.3 is 20.4 Å². The largest absolute Gasteiger partial charge is 0.467 e. The van der Waals surface area contributed by atoms with Gasteiger partial charge in [0, 0.05) is 19.3 Å². The average Bonchev–Trinajstić information content (AvgIpc) is 2.93. The van der Waals surface area contributed by atoms with Crippen LogP contribution in [-0.2, 0) is 11.3 Å². The van der Waals surface area contributed by atoms with Gasteiger partial charge in [0.2, 0.25) is 5.91 Å². The Morgan fingerprint density at radius 1 is 1.42 bits per heavy atom. The van der Waals surface area contributed by atoms with E-state index in [1.165, 1.54) is 0 Å². The van der Waals surface area contributed by atoms with Crippen LogP contribution < -0.4 is 16.0 Å². The van der Waals surface area contributed by atoms with Crippen LogP contribution in [0.1, 0.15) is 5.76 Å². The molecule has 1 rings (SSSR count). The van der Waals surface area contributed by atoms with Crippen LogP contribution in [0, 0.1) is 0 Å². The molecule has 0 aliphatic rings. The first kappa shape index (κ1) is 15.4. The van der Waals surface area contributed by atoms with Crippen LogP contribution >= 0.6 is 11.8 Å². The normalized spacial score (nSPS) is 11.2. The zero-order valence-electron chi connectivity index (χ0n) is 11.2. The van der Waals surface area contributed by atoms with Crippen LogP contribution in [0.4, 0.5) is 0 Å². The Morgan fingerprint density at radius 3 is 2.89 bits per heavy atom. The molecule has 0 unspecified atom stereocenters.